The number of aromatic hydroxyl groups is 1. The summed E-state index contributed by atoms with van der Waals surface area (Å²) >= 11 is 0. The van der Waals surface area contributed by atoms with Crippen LogP contribution in [0.25, 0.3) is 0 Å². The van der Waals surface area contributed by atoms with Crippen LogP contribution in [0.4, 0.5) is 0 Å². The average Bonchev–Trinajstić information content (AvgIpc) is 2.61. The first-order chi connectivity index (χ1) is 7.16. The molecule has 0 saturated carbocycles. The van der Waals surface area contributed by atoms with Crippen molar-refractivity contribution in [2.24, 2.45) is 11.7 Å². The van der Waals surface area contributed by atoms with Crippen LogP contribution in [0.15, 0.2) is 24.3 Å². The summed E-state index contributed by atoms with van der Waals surface area (Å²) in [5.41, 5.74) is 6.41. The quantitative estimate of drug-likeness (QED) is 0.774. The van der Waals surface area contributed by atoms with E-state index in [9.17, 15) is 5.11 Å². The van der Waals surface area contributed by atoms with E-state index in [4.69, 9.17) is 10.5 Å². The fraction of sp³-hybridized carbons (Fsp3) is 0.500. The van der Waals surface area contributed by atoms with Crippen LogP contribution in [-0.2, 0) is 10.3 Å². The van der Waals surface area contributed by atoms with Gasteiger partial charge in [-0.05, 0) is 37.6 Å². The minimum absolute atomic E-state index is 0.278. The average molecular weight is 207 g/mol. The predicted molar refractivity (Wildman–Crippen MR) is 58.6 cm³/mol. The summed E-state index contributed by atoms with van der Waals surface area (Å²) in [6.07, 6.45) is 0.989. The molecule has 0 spiro atoms. The fourth-order valence-corrected chi connectivity index (χ4v) is 2.28. The minimum Gasteiger partial charge on any atom is -0.508 e. The van der Waals surface area contributed by atoms with Crippen molar-refractivity contribution >= 4 is 0 Å². The van der Waals surface area contributed by atoms with Crippen molar-refractivity contribution in [2.75, 3.05) is 13.2 Å². The molecule has 2 rings (SSSR count). The summed E-state index contributed by atoms with van der Waals surface area (Å²) in [7, 11) is 0. The van der Waals surface area contributed by atoms with Crippen molar-refractivity contribution in [2.45, 2.75) is 18.9 Å². The summed E-state index contributed by atoms with van der Waals surface area (Å²) in [4.78, 5) is 0. The molecule has 2 unspecified atom stereocenters. The molecule has 2 atom stereocenters. The van der Waals surface area contributed by atoms with Crippen LogP contribution in [0.3, 0.4) is 0 Å². The number of ether oxygens (including phenoxy) is 1. The highest BCUT2D eigenvalue weighted by molar-refractivity contribution is 5.32. The summed E-state index contributed by atoms with van der Waals surface area (Å²) in [6.45, 7) is 3.41. The number of rotatable bonds is 2. The molecule has 1 aromatic carbocycles. The molecule has 3 nitrogen and oxygen atoms in total. The highest BCUT2D eigenvalue weighted by Crippen LogP contribution is 2.40. The topological polar surface area (TPSA) is 55.5 Å². The van der Waals surface area contributed by atoms with Crippen molar-refractivity contribution < 1.29 is 9.84 Å². The summed E-state index contributed by atoms with van der Waals surface area (Å²) in [5, 5.41) is 9.46. The first-order valence-corrected chi connectivity index (χ1v) is 5.30. The Bertz CT molecular complexity index is 353. The molecule has 3 heteroatoms. The van der Waals surface area contributed by atoms with E-state index < -0.39 is 0 Å². The summed E-state index contributed by atoms with van der Waals surface area (Å²) < 4.78 is 5.79. The SMILES string of the molecule is CC1(c2cccc(O)c2)OCCC1CN. The Labute approximate surface area is 89.9 Å². The van der Waals surface area contributed by atoms with Gasteiger partial charge in [0.1, 0.15) is 5.75 Å². The van der Waals surface area contributed by atoms with Gasteiger partial charge < -0.3 is 15.6 Å². The van der Waals surface area contributed by atoms with E-state index in [2.05, 4.69) is 0 Å². The van der Waals surface area contributed by atoms with Crippen LogP contribution in [-0.4, -0.2) is 18.3 Å². The lowest BCUT2D eigenvalue weighted by Gasteiger charge is -2.30. The second-order valence-electron chi connectivity index (χ2n) is 4.23. The summed E-state index contributed by atoms with van der Waals surface area (Å²) in [5.74, 6) is 0.610. The molecule has 1 aliphatic heterocycles. The monoisotopic (exact) mass is 207 g/mol. The van der Waals surface area contributed by atoms with E-state index in [1.165, 1.54) is 0 Å². The number of phenolic OH excluding ortho intramolecular Hbond substituents is 1. The van der Waals surface area contributed by atoms with E-state index in [-0.39, 0.29) is 11.4 Å². The van der Waals surface area contributed by atoms with Gasteiger partial charge in [-0.2, -0.15) is 0 Å². The Balaban J connectivity index is 2.36. The Morgan fingerprint density at radius 1 is 1.60 bits per heavy atom. The van der Waals surface area contributed by atoms with Crippen LogP contribution < -0.4 is 5.73 Å². The normalized spacial score (nSPS) is 30.7. The van der Waals surface area contributed by atoms with Crippen LogP contribution in [0.5, 0.6) is 5.75 Å². The van der Waals surface area contributed by atoms with Gasteiger partial charge in [0.2, 0.25) is 0 Å². The molecule has 15 heavy (non-hydrogen) atoms. The third kappa shape index (κ3) is 1.73. The molecule has 82 valence electrons. The maximum Gasteiger partial charge on any atom is 0.115 e. The van der Waals surface area contributed by atoms with Gasteiger partial charge in [-0.1, -0.05) is 12.1 Å². The molecular weight excluding hydrogens is 190 g/mol. The van der Waals surface area contributed by atoms with Crippen molar-refractivity contribution in [3.63, 3.8) is 0 Å². The predicted octanol–water partition coefficient (Wildman–Crippen LogP) is 1.60. The second kappa shape index (κ2) is 3.83. The molecule has 1 heterocycles. The Kier molecular flexibility index (Phi) is 2.67. The lowest BCUT2D eigenvalue weighted by molar-refractivity contribution is -0.00806. The van der Waals surface area contributed by atoms with Gasteiger partial charge >= 0.3 is 0 Å². The fourth-order valence-electron chi connectivity index (χ4n) is 2.28. The Hall–Kier alpha value is -1.06. The first kappa shape index (κ1) is 10.5. The molecule has 0 amide bonds. The van der Waals surface area contributed by atoms with Crippen LogP contribution >= 0.6 is 0 Å². The van der Waals surface area contributed by atoms with E-state index in [0.29, 0.717) is 12.5 Å². The van der Waals surface area contributed by atoms with E-state index in [1.807, 2.05) is 19.1 Å². The van der Waals surface area contributed by atoms with Crippen molar-refractivity contribution in [3.05, 3.63) is 29.8 Å². The van der Waals surface area contributed by atoms with Crippen molar-refractivity contribution in [1.82, 2.24) is 0 Å². The van der Waals surface area contributed by atoms with Crippen LogP contribution in [0.2, 0.25) is 0 Å². The lowest BCUT2D eigenvalue weighted by Crippen LogP contribution is -2.33. The van der Waals surface area contributed by atoms with Gasteiger partial charge in [0.25, 0.3) is 0 Å². The first-order valence-electron chi connectivity index (χ1n) is 5.30. The molecule has 1 fully saturated rings. The Morgan fingerprint density at radius 2 is 2.40 bits per heavy atom. The number of hydrogen-bond donors (Lipinski definition) is 2. The van der Waals surface area contributed by atoms with Gasteiger partial charge in [-0.3, -0.25) is 0 Å². The molecule has 0 bridgehead atoms. The third-order valence-corrected chi connectivity index (χ3v) is 3.35. The lowest BCUT2D eigenvalue weighted by atomic mass is 9.83. The second-order valence-corrected chi connectivity index (χ2v) is 4.23. The molecule has 0 aliphatic carbocycles. The number of benzene rings is 1. The Morgan fingerprint density at radius 3 is 3.07 bits per heavy atom. The smallest absolute Gasteiger partial charge is 0.115 e. The number of phenols is 1. The largest absolute Gasteiger partial charge is 0.508 e. The van der Waals surface area contributed by atoms with Crippen molar-refractivity contribution in [3.8, 4) is 5.75 Å². The maximum absolute atomic E-state index is 9.46. The van der Waals surface area contributed by atoms with Crippen LogP contribution in [0.1, 0.15) is 18.9 Å². The minimum atomic E-state index is -0.340. The highest BCUT2D eigenvalue weighted by Gasteiger charge is 2.40. The summed E-state index contributed by atoms with van der Waals surface area (Å²) in [6, 6.07) is 7.24. The maximum atomic E-state index is 9.46. The van der Waals surface area contributed by atoms with Gasteiger partial charge in [0, 0.05) is 12.5 Å². The number of hydrogen-bond acceptors (Lipinski definition) is 3. The van der Waals surface area contributed by atoms with E-state index in [0.717, 1.165) is 18.6 Å². The van der Waals surface area contributed by atoms with Crippen LogP contribution in [0, 0.1) is 5.92 Å². The molecule has 3 N–H and O–H groups in total. The van der Waals surface area contributed by atoms with Gasteiger partial charge in [-0.25, -0.2) is 0 Å². The third-order valence-electron chi connectivity index (χ3n) is 3.35. The molecule has 0 radical (unpaired) electrons. The molecular formula is C12H17NO2. The molecule has 0 aromatic heterocycles. The van der Waals surface area contributed by atoms with E-state index >= 15 is 0 Å². The zero-order valence-electron chi connectivity index (χ0n) is 8.94. The number of nitrogens with two attached hydrogens (primary N) is 1. The highest BCUT2D eigenvalue weighted by atomic mass is 16.5. The molecule has 1 aliphatic rings. The van der Waals surface area contributed by atoms with Gasteiger partial charge in [0.05, 0.1) is 5.60 Å². The van der Waals surface area contributed by atoms with E-state index in [1.54, 1.807) is 12.1 Å². The van der Waals surface area contributed by atoms with Gasteiger partial charge in [-0.15, -0.1) is 0 Å². The van der Waals surface area contributed by atoms with Gasteiger partial charge in [0.15, 0.2) is 0 Å². The zero-order chi connectivity index (χ0) is 10.9. The standard InChI is InChI=1S/C12H17NO2/c1-12(10(8-13)5-6-15-12)9-3-2-4-11(14)7-9/h2-4,7,10,14H,5-6,8,13H2,1H3. The molecule has 1 aromatic rings. The van der Waals surface area contributed by atoms with Crippen molar-refractivity contribution in [1.29, 1.82) is 0 Å². The zero-order valence-corrected chi connectivity index (χ0v) is 8.94. The molecule has 1 saturated heterocycles.